The van der Waals surface area contributed by atoms with Crippen LogP contribution in [0.25, 0.3) is 16.6 Å². The second-order valence-corrected chi connectivity index (χ2v) is 6.79. The average molecular weight is 355 g/mol. The molecule has 0 N–H and O–H groups in total. The van der Waals surface area contributed by atoms with Crippen LogP contribution in [-0.2, 0) is 0 Å². The molecule has 0 aliphatic carbocycles. The van der Waals surface area contributed by atoms with Gasteiger partial charge in [0.15, 0.2) is 0 Å². The van der Waals surface area contributed by atoms with E-state index in [1.165, 1.54) is 0 Å². The predicted octanol–water partition coefficient (Wildman–Crippen LogP) is 2.79. The monoisotopic (exact) mass is 354 g/mol. The van der Waals surface area contributed by atoms with Crippen LogP contribution in [0.1, 0.15) is 0 Å². The van der Waals surface area contributed by atoms with Gasteiger partial charge in [-0.2, -0.15) is 0 Å². The zero-order valence-corrected chi connectivity index (χ0v) is 14.8. The second kappa shape index (κ2) is 6.50. The smallest absolute Gasteiger partial charge is 0.267 e. The third-order valence-corrected chi connectivity index (χ3v) is 4.97. The largest absolute Gasteiger partial charge is 0.368 e. The van der Waals surface area contributed by atoms with Crippen LogP contribution < -0.4 is 10.5 Å². The van der Waals surface area contributed by atoms with Crippen LogP contribution in [0, 0.1) is 0 Å². The highest BCUT2D eigenvalue weighted by atomic mass is 35.5. The van der Waals surface area contributed by atoms with Crippen LogP contribution in [0.2, 0.25) is 5.02 Å². The van der Waals surface area contributed by atoms with Crippen LogP contribution in [0.3, 0.4) is 0 Å². The van der Waals surface area contributed by atoms with E-state index >= 15 is 0 Å². The van der Waals surface area contributed by atoms with Crippen molar-refractivity contribution in [2.75, 3.05) is 38.1 Å². The Morgan fingerprint density at radius 3 is 2.44 bits per heavy atom. The summed E-state index contributed by atoms with van der Waals surface area (Å²) in [5.41, 5.74) is 2.40. The lowest BCUT2D eigenvalue weighted by Gasteiger charge is -2.34. The van der Waals surface area contributed by atoms with Crippen LogP contribution in [-0.4, -0.2) is 47.7 Å². The highest BCUT2D eigenvalue weighted by Crippen LogP contribution is 2.24. The number of piperazine rings is 1. The molecule has 1 saturated heterocycles. The zero-order valence-electron chi connectivity index (χ0n) is 14.0. The normalized spacial score (nSPS) is 15.7. The summed E-state index contributed by atoms with van der Waals surface area (Å²) in [5, 5.41) is 1.31. The molecular formula is C19H19ClN4O. The molecule has 1 aliphatic heterocycles. The van der Waals surface area contributed by atoms with Crippen molar-refractivity contribution in [2.24, 2.45) is 0 Å². The summed E-state index contributed by atoms with van der Waals surface area (Å²) in [6.45, 7) is 3.79. The molecule has 1 fully saturated rings. The molecule has 25 heavy (non-hydrogen) atoms. The van der Waals surface area contributed by atoms with Gasteiger partial charge < -0.3 is 9.80 Å². The number of rotatable bonds is 2. The lowest BCUT2D eigenvalue weighted by molar-refractivity contribution is 0.313. The summed E-state index contributed by atoms with van der Waals surface area (Å²) in [6, 6.07) is 13.1. The highest BCUT2D eigenvalue weighted by Gasteiger charge is 2.19. The minimum atomic E-state index is -0.0538. The number of benzene rings is 2. The predicted molar refractivity (Wildman–Crippen MR) is 102 cm³/mol. The van der Waals surface area contributed by atoms with Gasteiger partial charge in [0.05, 0.1) is 22.3 Å². The molecule has 0 spiro atoms. The number of fused-ring (bicyclic) bond motifs is 1. The van der Waals surface area contributed by atoms with Gasteiger partial charge in [0.1, 0.15) is 6.33 Å². The van der Waals surface area contributed by atoms with Crippen molar-refractivity contribution in [3.05, 3.63) is 64.2 Å². The van der Waals surface area contributed by atoms with E-state index in [0.29, 0.717) is 10.4 Å². The maximum Gasteiger partial charge on any atom is 0.267 e. The van der Waals surface area contributed by atoms with Gasteiger partial charge in [0, 0.05) is 31.2 Å². The summed E-state index contributed by atoms with van der Waals surface area (Å²) < 4.78 is 1.58. The first-order chi connectivity index (χ1) is 12.1. The minimum absolute atomic E-state index is 0.0538. The third-order valence-electron chi connectivity index (χ3n) is 4.71. The van der Waals surface area contributed by atoms with Gasteiger partial charge in [-0.25, -0.2) is 4.98 Å². The van der Waals surface area contributed by atoms with Crippen molar-refractivity contribution in [3.63, 3.8) is 0 Å². The van der Waals surface area contributed by atoms with Crippen molar-refractivity contribution >= 4 is 28.2 Å². The quantitative estimate of drug-likeness (QED) is 0.709. The molecule has 3 aromatic rings. The lowest BCUT2D eigenvalue weighted by atomic mass is 10.1. The van der Waals surface area contributed by atoms with Crippen LogP contribution in [0.5, 0.6) is 0 Å². The summed E-state index contributed by atoms with van der Waals surface area (Å²) >= 11 is 5.96. The molecule has 0 amide bonds. The Balaban J connectivity index is 1.86. The van der Waals surface area contributed by atoms with E-state index in [4.69, 9.17) is 11.6 Å². The first-order valence-electron chi connectivity index (χ1n) is 8.33. The minimum Gasteiger partial charge on any atom is -0.368 e. The van der Waals surface area contributed by atoms with E-state index in [9.17, 15) is 4.79 Å². The van der Waals surface area contributed by atoms with E-state index in [1.807, 2.05) is 30.3 Å². The Morgan fingerprint density at radius 2 is 1.72 bits per heavy atom. The molecule has 1 aliphatic rings. The molecule has 0 unspecified atom stereocenters. The fourth-order valence-corrected chi connectivity index (χ4v) is 3.37. The number of hydrogen-bond acceptors (Lipinski definition) is 4. The van der Waals surface area contributed by atoms with Crippen molar-refractivity contribution in [2.45, 2.75) is 0 Å². The SMILES string of the molecule is CN1CCN(c2cccc3ncn(-c4ccc(Cl)cc4)c(=O)c23)CC1. The molecule has 1 aromatic heterocycles. The van der Waals surface area contributed by atoms with E-state index in [1.54, 1.807) is 23.0 Å². The molecule has 2 heterocycles. The molecule has 0 radical (unpaired) electrons. The van der Waals surface area contributed by atoms with Gasteiger partial charge in [-0.1, -0.05) is 17.7 Å². The number of hydrogen-bond donors (Lipinski definition) is 0. The number of halogens is 1. The molecule has 2 aromatic carbocycles. The molecule has 0 bridgehead atoms. The average Bonchev–Trinajstić information content (AvgIpc) is 2.63. The van der Waals surface area contributed by atoms with Gasteiger partial charge in [-0.15, -0.1) is 0 Å². The van der Waals surface area contributed by atoms with Crippen molar-refractivity contribution in [1.82, 2.24) is 14.5 Å². The van der Waals surface area contributed by atoms with Gasteiger partial charge >= 0.3 is 0 Å². The first-order valence-corrected chi connectivity index (χ1v) is 8.71. The van der Waals surface area contributed by atoms with Gasteiger partial charge in [-0.3, -0.25) is 9.36 Å². The van der Waals surface area contributed by atoms with E-state index in [-0.39, 0.29) is 5.56 Å². The molecule has 128 valence electrons. The fraction of sp³-hybridized carbons (Fsp3) is 0.263. The second-order valence-electron chi connectivity index (χ2n) is 6.36. The van der Waals surface area contributed by atoms with Crippen molar-refractivity contribution in [3.8, 4) is 5.69 Å². The molecule has 0 saturated carbocycles. The maximum absolute atomic E-state index is 13.2. The Kier molecular flexibility index (Phi) is 4.19. The number of aromatic nitrogens is 2. The highest BCUT2D eigenvalue weighted by molar-refractivity contribution is 6.30. The number of likely N-dealkylation sites (N-methyl/N-ethyl adjacent to an activating group) is 1. The molecule has 0 atom stereocenters. The van der Waals surface area contributed by atoms with Crippen molar-refractivity contribution < 1.29 is 0 Å². The standard InChI is InChI=1S/C19H19ClN4O/c1-22-9-11-23(12-10-22)17-4-2-3-16-18(17)19(25)24(13-21-16)15-7-5-14(20)6-8-15/h2-8,13H,9-12H2,1H3. The molecule has 5 nitrogen and oxygen atoms in total. The topological polar surface area (TPSA) is 41.4 Å². The van der Waals surface area contributed by atoms with Gasteiger partial charge in [0.25, 0.3) is 5.56 Å². The third kappa shape index (κ3) is 3.01. The number of anilines is 1. The summed E-state index contributed by atoms with van der Waals surface area (Å²) in [5.74, 6) is 0. The Labute approximate surface area is 151 Å². The lowest BCUT2D eigenvalue weighted by Crippen LogP contribution is -2.44. The Morgan fingerprint density at radius 1 is 1.00 bits per heavy atom. The van der Waals surface area contributed by atoms with E-state index in [0.717, 1.165) is 43.1 Å². The van der Waals surface area contributed by atoms with Gasteiger partial charge in [-0.05, 0) is 43.4 Å². The van der Waals surface area contributed by atoms with Crippen LogP contribution in [0.4, 0.5) is 5.69 Å². The Hall–Kier alpha value is -2.37. The molecule has 6 heteroatoms. The summed E-state index contributed by atoms with van der Waals surface area (Å²) in [6.07, 6.45) is 1.58. The van der Waals surface area contributed by atoms with Crippen LogP contribution >= 0.6 is 11.6 Å². The first kappa shape index (κ1) is 16.1. The van der Waals surface area contributed by atoms with E-state index < -0.39 is 0 Å². The molecular weight excluding hydrogens is 336 g/mol. The fourth-order valence-electron chi connectivity index (χ4n) is 3.24. The van der Waals surface area contributed by atoms with E-state index in [2.05, 4.69) is 21.8 Å². The summed E-state index contributed by atoms with van der Waals surface area (Å²) in [4.78, 5) is 22.3. The Bertz CT molecular complexity index is 959. The maximum atomic E-state index is 13.2. The molecule has 4 rings (SSSR count). The van der Waals surface area contributed by atoms with Crippen molar-refractivity contribution in [1.29, 1.82) is 0 Å². The number of nitrogens with zero attached hydrogens (tertiary/aromatic N) is 4. The van der Waals surface area contributed by atoms with Crippen LogP contribution in [0.15, 0.2) is 53.6 Å². The summed E-state index contributed by atoms with van der Waals surface area (Å²) in [7, 11) is 2.12. The zero-order chi connectivity index (χ0) is 17.4. The van der Waals surface area contributed by atoms with Gasteiger partial charge in [0.2, 0.25) is 0 Å².